The smallest absolute Gasteiger partial charge is 0.335 e. The first-order chi connectivity index (χ1) is 13.7. The predicted octanol–water partition coefficient (Wildman–Crippen LogP) is 3.27. The van der Waals surface area contributed by atoms with Gasteiger partial charge in [0, 0.05) is 25.8 Å². The number of aliphatic hydroxyl groups excluding tert-OH is 1. The average molecular weight is 405 g/mol. The molecule has 7 heteroatoms. The highest BCUT2D eigenvalue weighted by molar-refractivity contribution is 5.87. The molecular weight excluding hydrogens is 380 g/mol. The molecule has 29 heavy (non-hydrogen) atoms. The molecule has 1 aromatic rings. The summed E-state index contributed by atoms with van der Waals surface area (Å²) in [5.41, 5.74) is 0.881. The minimum absolute atomic E-state index is 0.0773. The van der Waals surface area contributed by atoms with Gasteiger partial charge in [-0.15, -0.1) is 11.8 Å². The first-order valence-corrected chi connectivity index (χ1v) is 9.58. The first kappa shape index (κ1) is 22.6. The summed E-state index contributed by atoms with van der Waals surface area (Å²) >= 11 is 0. The van der Waals surface area contributed by atoms with Gasteiger partial charge in [-0.1, -0.05) is 31.2 Å². The van der Waals surface area contributed by atoms with Gasteiger partial charge < -0.3 is 15.1 Å². The minimum atomic E-state index is -3.43. The molecule has 0 saturated carbocycles. The molecule has 0 unspecified atom stereocenters. The summed E-state index contributed by atoms with van der Waals surface area (Å²) in [6.45, 7) is 2.00. The van der Waals surface area contributed by atoms with E-state index in [4.69, 9.17) is 5.11 Å². The van der Waals surface area contributed by atoms with E-state index in [1.807, 2.05) is 6.92 Å². The number of aromatic carboxylic acids is 1. The zero-order valence-corrected chi connectivity index (χ0v) is 16.3. The fourth-order valence-corrected chi connectivity index (χ4v) is 3.11. The third-order valence-electron chi connectivity index (χ3n) is 4.70. The lowest BCUT2D eigenvalue weighted by Crippen LogP contribution is -2.37. The van der Waals surface area contributed by atoms with E-state index in [9.17, 15) is 23.5 Å². The average Bonchev–Trinajstić information content (AvgIpc) is 2.91. The van der Waals surface area contributed by atoms with Crippen molar-refractivity contribution >= 4 is 11.9 Å². The minimum Gasteiger partial charge on any atom is -0.478 e. The SMILES string of the molecule is CCC#CCC[C@H](O)/C=C/[C@H]1CC(F)(F)C(=O)N1CCc1ccc(C(=O)O)cc1. The van der Waals surface area contributed by atoms with Crippen molar-refractivity contribution < 1.29 is 28.6 Å². The molecular formula is C22H25F2NO4. The number of nitrogens with zero attached hydrogens (tertiary/aromatic N) is 1. The van der Waals surface area contributed by atoms with Crippen LogP contribution in [0.4, 0.5) is 8.78 Å². The van der Waals surface area contributed by atoms with Crippen LogP contribution in [0.1, 0.15) is 48.5 Å². The maximum absolute atomic E-state index is 13.9. The Hall–Kier alpha value is -2.72. The Bertz CT molecular complexity index is 808. The lowest BCUT2D eigenvalue weighted by Gasteiger charge is -2.22. The van der Waals surface area contributed by atoms with Crippen LogP contribution in [0.5, 0.6) is 0 Å². The summed E-state index contributed by atoms with van der Waals surface area (Å²) in [4.78, 5) is 24.1. The van der Waals surface area contributed by atoms with Crippen molar-refractivity contribution in [3.05, 3.63) is 47.5 Å². The summed E-state index contributed by atoms with van der Waals surface area (Å²) in [6.07, 6.45) is 3.44. The van der Waals surface area contributed by atoms with Crippen molar-refractivity contribution in [3.8, 4) is 11.8 Å². The van der Waals surface area contributed by atoms with Crippen molar-refractivity contribution in [2.75, 3.05) is 6.54 Å². The van der Waals surface area contributed by atoms with Crippen molar-refractivity contribution in [2.45, 2.75) is 57.1 Å². The molecule has 2 N–H and O–H groups in total. The lowest BCUT2D eigenvalue weighted by atomic mass is 10.1. The van der Waals surface area contributed by atoms with Gasteiger partial charge in [-0.05, 0) is 30.5 Å². The van der Waals surface area contributed by atoms with E-state index in [2.05, 4.69) is 11.8 Å². The number of likely N-dealkylation sites (tertiary alicyclic amines) is 1. The van der Waals surface area contributed by atoms with Crippen LogP contribution in [0.2, 0.25) is 0 Å². The maximum atomic E-state index is 13.9. The van der Waals surface area contributed by atoms with Gasteiger partial charge in [-0.3, -0.25) is 4.79 Å². The molecule has 1 aliphatic heterocycles. The fourth-order valence-electron chi connectivity index (χ4n) is 3.11. The fraction of sp³-hybridized carbons (Fsp3) is 0.455. The number of alkyl halides is 2. The second kappa shape index (κ2) is 10.2. The molecule has 1 heterocycles. The number of hydrogen-bond donors (Lipinski definition) is 2. The molecule has 1 aromatic carbocycles. The molecule has 0 bridgehead atoms. The van der Waals surface area contributed by atoms with E-state index < -0.39 is 36.4 Å². The highest BCUT2D eigenvalue weighted by Crippen LogP contribution is 2.34. The standard InChI is InChI=1S/C22H25F2NO4/c1-2-3-4-5-6-19(26)12-11-18-15-22(23,24)21(29)25(18)14-13-16-7-9-17(10-8-16)20(27)28/h7-12,18-19,26H,2,5-6,13-15H2,1H3,(H,27,28)/b12-11+/t18-,19-/m0/s1. The van der Waals surface area contributed by atoms with Gasteiger partial charge in [0.05, 0.1) is 17.7 Å². The molecule has 5 nitrogen and oxygen atoms in total. The summed E-state index contributed by atoms with van der Waals surface area (Å²) < 4.78 is 27.9. The van der Waals surface area contributed by atoms with Crippen LogP contribution >= 0.6 is 0 Å². The van der Waals surface area contributed by atoms with Crippen molar-refractivity contribution in [1.29, 1.82) is 0 Å². The molecule has 156 valence electrons. The molecule has 1 amide bonds. The number of aliphatic hydroxyl groups is 1. The molecule has 1 fully saturated rings. The number of rotatable bonds is 8. The Morgan fingerprint density at radius 2 is 2.03 bits per heavy atom. The van der Waals surface area contributed by atoms with Crippen LogP contribution in [0.15, 0.2) is 36.4 Å². The zero-order valence-electron chi connectivity index (χ0n) is 16.3. The number of hydrogen-bond acceptors (Lipinski definition) is 3. The maximum Gasteiger partial charge on any atom is 0.335 e. The largest absolute Gasteiger partial charge is 0.478 e. The first-order valence-electron chi connectivity index (χ1n) is 9.58. The molecule has 1 saturated heterocycles. The van der Waals surface area contributed by atoms with Crippen LogP contribution < -0.4 is 0 Å². The van der Waals surface area contributed by atoms with Gasteiger partial charge in [0.1, 0.15) is 0 Å². The third-order valence-corrected chi connectivity index (χ3v) is 4.70. The molecule has 2 atom stereocenters. The van der Waals surface area contributed by atoms with Crippen LogP contribution in [-0.4, -0.2) is 51.6 Å². The Kier molecular flexibility index (Phi) is 7.91. The highest BCUT2D eigenvalue weighted by Gasteiger charge is 2.52. The number of carbonyl (C=O) groups excluding carboxylic acids is 1. The molecule has 0 spiro atoms. The van der Waals surface area contributed by atoms with E-state index in [0.29, 0.717) is 19.3 Å². The Morgan fingerprint density at radius 1 is 1.34 bits per heavy atom. The molecule has 2 rings (SSSR count). The summed E-state index contributed by atoms with van der Waals surface area (Å²) in [5, 5.41) is 18.9. The number of benzene rings is 1. The topological polar surface area (TPSA) is 77.8 Å². The van der Waals surface area contributed by atoms with E-state index in [1.165, 1.54) is 24.3 Å². The third kappa shape index (κ3) is 6.40. The van der Waals surface area contributed by atoms with E-state index in [0.717, 1.165) is 16.9 Å². The molecule has 0 aliphatic carbocycles. The van der Waals surface area contributed by atoms with E-state index in [1.54, 1.807) is 12.1 Å². The number of carboxylic acid groups (broad SMARTS) is 1. The number of carbonyl (C=O) groups is 2. The second-order valence-electron chi connectivity index (χ2n) is 6.92. The van der Waals surface area contributed by atoms with Crippen LogP contribution in [-0.2, 0) is 11.2 Å². The number of halogens is 2. The molecule has 1 aliphatic rings. The molecule has 0 aromatic heterocycles. The monoisotopic (exact) mass is 405 g/mol. The predicted molar refractivity (Wildman–Crippen MR) is 105 cm³/mol. The second-order valence-corrected chi connectivity index (χ2v) is 6.92. The van der Waals surface area contributed by atoms with Gasteiger partial charge >= 0.3 is 11.9 Å². The van der Waals surface area contributed by atoms with Crippen LogP contribution in [0.3, 0.4) is 0 Å². The van der Waals surface area contributed by atoms with E-state index in [-0.39, 0.29) is 12.1 Å². The summed E-state index contributed by atoms with van der Waals surface area (Å²) in [6, 6.07) is 5.29. The van der Waals surface area contributed by atoms with Gasteiger partial charge in [0.2, 0.25) is 0 Å². The van der Waals surface area contributed by atoms with Gasteiger partial charge in [0.15, 0.2) is 0 Å². The van der Waals surface area contributed by atoms with Crippen molar-refractivity contribution in [1.82, 2.24) is 4.90 Å². The lowest BCUT2D eigenvalue weighted by molar-refractivity contribution is -0.148. The van der Waals surface area contributed by atoms with Gasteiger partial charge in [-0.2, -0.15) is 8.78 Å². The van der Waals surface area contributed by atoms with Crippen molar-refractivity contribution in [2.24, 2.45) is 0 Å². The zero-order chi connectivity index (χ0) is 21.4. The molecule has 0 radical (unpaired) electrons. The van der Waals surface area contributed by atoms with Crippen LogP contribution in [0, 0.1) is 11.8 Å². The quantitative estimate of drug-likeness (QED) is 0.514. The number of amides is 1. The normalized spacial score (nSPS) is 19.2. The van der Waals surface area contributed by atoms with Gasteiger partial charge in [-0.25, -0.2) is 4.79 Å². The summed E-state index contributed by atoms with van der Waals surface area (Å²) in [7, 11) is 0. The Balaban J connectivity index is 2.00. The van der Waals surface area contributed by atoms with Crippen LogP contribution in [0.25, 0.3) is 0 Å². The van der Waals surface area contributed by atoms with Gasteiger partial charge in [0.25, 0.3) is 5.91 Å². The summed E-state index contributed by atoms with van der Waals surface area (Å²) in [5.74, 6) is 0.102. The Labute approximate surface area is 169 Å². The van der Waals surface area contributed by atoms with E-state index >= 15 is 0 Å². The number of carboxylic acids is 1. The Morgan fingerprint density at radius 3 is 2.66 bits per heavy atom. The highest BCUT2D eigenvalue weighted by atomic mass is 19.3. The van der Waals surface area contributed by atoms with Crippen molar-refractivity contribution in [3.63, 3.8) is 0 Å².